The predicted octanol–water partition coefficient (Wildman–Crippen LogP) is 0.388. The van der Waals surface area contributed by atoms with Crippen molar-refractivity contribution in [2.75, 3.05) is 0 Å². The number of hydrogen-bond donors (Lipinski definition) is 4. The fraction of sp³-hybridized carbons (Fsp3) is 1.00. The van der Waals surface area contributed by atoms with Crippen molar-refractivity contribution in [1.82, 2.24) is 0 Å². The molecule has 0 saturated carbocycles. The molecule has 0 radical (unpaired) electrons. The minimum Gasteiger partial charge on any atom is -0.412 e. The molecule has 0 amide bonds. The summed E-state index contributed by atoms with van der Waals surface area (Å²) in [5.41, 5.74) is 0. The van der Waals surface area contributed by atoms with Gasteiger partial charge in [0.15, 0.2) is 0 Å². The topological polar surface area (TPSA) is 164 Å². The Kier molecular flexibility index (Phi) is 6480. The SMILES string of the molecule is C.O.O=O.OO.OO.[2H]P=O. The van der Waals surface area contributed by atoms with E-state index < -0.39 is 9.06 Å². The molecule has 9 heteroatoms. The Morgan fingerprint density at radius 2 is 1.10 bits per heavy atom. The molecule has 10 heavy (non-hydrogen) atoms. The molecule has 68 valence electrons. The molecule has 6 N–H and O–H groups in total. The highest BCUT2D eigenvalue weighted by atomic mass is 31.0. The zero-order valence-corrected chi connectivity index (χ0v) is 4.86. The van der Waals surface area contributed by atoms with Gasteiger partial charge in [-0.05, 0) is 0 Å². The van der Waals surface area contributed by atoms with E-state index in [2.05, 4.69) is 0 Å². The molecule has 8 nitrogen and oxygen atoms in total. The summed E-state index contributed by atoms with van der Waals surface area (Å²) in [5.74, 6) is 0. The van der Waals surface area contributed by atoms with E-state index in [1.807, 2.05) is 0 Å². The van der Waals surface area contributed by atoms with Gasteiger partial charge in [-0.25, -0.2) is 0 Å². The lowest BCUT2D eigenvalue weighted by Crippen LogP contribution is -1.29. The molecule has 0 saturated heterocycles. The molecule has 0 unspecified atom stereocenters. The van der Waals surface area contributed by atoms with Crippen LogP contribution in [0.3, 0.4) is 0 Å². The molecule has 0 rings (SSSR count). The van der Waals surface area contributed by atoms with Gasteiger partial charge in [0.2, 0.25) is 0 Å². The molecule has 0 spiro atoms. The number of hydrogen-bond acceptors (Lipinski definition) is 7. The van der Waals surface area contributed by atoms with Gasteiger partial charge in [0, 0.05) is 9.93 Å². The largest absolute Gasteiger partial charge is 0.412 e. The molecule has 0 heterocycles. The van der Waals surface area contributed by atoms with Crippen molar-refractivity contribution < 1.29 is 31.1 Å². The monoisotopic (exact) mass is 183 g/mol. The Morgan fingerprint density at radius 1 is 1.10 bits per heavy atom. The van der Waals surface area contributed by atoms with Crippen LogP contribution in [-0.4, -0.2) is 27.8 Å². The van der Waals surface area contributed by atoms with Crippen molar-refractivity contribution in [1.29, 1.82) is 1.28 Å². The van der Waals surface area contributed by atoms with E-state index in [-0.39, 0.29) is 12.9 Å². The van der Waals surface area contributed by atoms with Crippen LogP contribution in [0.4, 0.5) is 0 Å². The third kappa shape index (κ3) is 1270. The van der Waals surface area contributed by atoms with E-state index in [1.54, 1.807) is 0 Å². The van der Waals surface area contributed by atoms with Crippen molar-refractivity contribution in [3.8, 4) is 0 Å². The Balaban J connectivity index is -0.00000000729. The van der Waals surface area contributed by atoms with Gasteiger partial charge in [-0.2, -0.15) is 0 Å². The normalized spacial score (nSPS) is 3.80. The molecule has 0 aliphatic rings. The van der Waals surface area contributed by atoms with Gasteiger partial charge in [-0.15, -0.1) is 0 Å². The second-order valence-corrected chi connectivity index (χ2v) is 0. The van der Waals surface area contributed by atoms with Crippen LogP contribution in [0.2, 0.25) is 0 Å². The first-order valence-electron chi connectivity index (χ1n) is 1.20. The van der Waals surface area contributed by atoms with E-state index in [0.29, 0.717) is 0 Å². The van der Waals surface area contributed by atoms with Crippen LogP contribution in [0.5, 0.6) is 0 Å². The first kappa shape index (κ1) is 33.9. The summed E-state index contributed by atoms with van der Waals surface area (Å²) in [6, 6.07) is 0. The first-order chi connectivity index (χ1) is 4.41. The van der Waals surface area contributed by atoms with E-state index >= 15 is 0 Å². The van der Waals surface area contributed by atoms with Crippen LogP contribution in [0.15, 0.2) is 0 Å². The predicted molar refractivity (Wildman–Crippen MR) is 36.6 cm³/mol. The summed E-state index contributed by atoms with van der Waals surface area (Å²) in [6.07, 6.45) is 0. The summed E-state index contributed by atoms with van der Waals surface area (Å²) in [6.45, 7) is 0. The van der Waals surface area contributed by atoms with Crippen LogP contribution in [0, 0.1) is 9.93 Å². The highest BCUT2D eigenvalue weighted by Crippen LogP contribution is 1.23. The Morgan fingerprint density at radius 3 is 1.10 bits per heavy atom. The lowest BCUT2D eigenvalue weighted by Gasteiger charge is -1.25. The smallest absolute Gasteiger partial charge is 0.140 e. The number of rotatable bonds is 0. The van der Waals surface area contributed by atoms with E-state index in [4.69, 9.17) is 36.8 Å². The molecule has 0 bridgehead atoms. The molecule has 0 aromatic rings. The minimum atomic E-state index is -0.583. The third-order valence-corrected chi connectivity index (χ3v) is 0. The van der Waals surface area contributed by atoms with Gasteiger partial charge < -0.3 is 5.48 Å². The van der Waals surface area contributed by atoms with E-state index in [0.717, 1.165) is 0 Å². The Labute approximate surface area is 60.0 Å². The zero-order chi connectivity index (χ0) is 8.71. The summed E-state index contributed by atoms with van der Waals surface area (Å²) in [5, 5.41) is 24.0. The van der Waals surface area contributed by atoms with Gasteiger partial charge in [-0.3, -0.25) is 25.6 Å². The lowest BCUT2D eigenvalue weighted by atomic mass is 12.0. The maximum Gasteiger partial charge on any atom is 0.140 e. The van der Waals surface area contributed by atoms with Gasteiger partial charge >= 0.3 is 0 Å². The van der Waals surface area contributed by atoms with Crippen LogP contribution < -0.4 is 0 Å². The van der Waals surface area contributed by atoms with Crippen LogP contribution in [0.1, 0.15) is 7.43 Å². The van der Waals surface area contributed by atoms with E-state index in [9.17, 15) is 0 Å². The van der Waals surface area contributed by atoms with Gasteiger partial charge in [0.05, 0.1) is 0 Å². The second-order valence-electron chi connectivity index (χ2n) is 0. The Bertz CT molecular complexity index is 28.1. The zero-order valence-electron chi connectivity index (χ0n) is 4.96. The summed E-state index contributed by atoms with van der Waals surface area (Å²) < 4.78 is 14.2. The maximum absolute atomic E-state index is 8.57. The lowest BCUT2D eigenvalue weighted by molar-refractivity contribution is -0.176. The van der Waals surface area contributed by atoms with Gasteiger partial charge in [0.25, 0.3) is 0 Å². The minimum absolute atomic E-state index is 0. The molecular weight excluding hydrogens is 171 g/mol. The highest BCUT2D eigenvalue weighted by molar-refractivity contribution is 7.00. The van der Waals surface area contributed by atoms with Gasteiger partial charge in [0.1, 0.15) is 10.3 Å². The second kappa shape index (κ2) is 1910. The fourth-order valence-corrected chi connectivity index (χ4v) is 0. The van der Waals surface area contributed by atoms with E-state index in [1.165, 1.54) is 0 Å². The van der Waals surface area contributed by atoms with Gasteiger partial charge in [-0.1, -0.05) is 7.43 Å². The third-order valence-electron chi connectivity index (χ3n) is 0. The summed E-state index contributed by atoms with van der Waals surface area (Å²) >= 11 is 0. The summed E-state index contributed by atoms with van der Waals surface area (Å²) in [4.78, 5) is 14.0. The van der Waals surface area contributed by atoms with Crippen LogP contribution in [0.25, 0.3) is 0 Å². The quantitative estimate of drug-likeness (QED) is 0.239. The fourth-order valence-electron chi connectivity index (χ4n) is 0. The molecule has 0 fully saturated rings. The van der Waals surface area contributed by atoms with Crippen molar-refractivity contribution in [2.24, 2.45) is 0 Å². The molecule has 0 atom stereocenters. The standard InChI is InChI=1S/CH4.2H2O2.O2.HOP.H2O/c;4*1-2;/h1H4;2*1-2H;;2H;1H2/i;;;;2D;. The molecule has 0 aromatic carbocycles. The molecular formula is CH11O8P. The highest BCUT2D eigenvalue weighted by Gasteiger charge is 0.748. The van der Waals surface area contributed by atoms with Crippen LogP contribution >= 0.6 is 9.06 Å². The average Bonchev–Trinajstić information content (AvgIpc) is 2.01. The van der Waals surface area contributed by atoms with Crippen LogP contribution in [-0.2, 0) is 4.57 Å². The molecule has 0 aliphatic heterocycles. The summed E-state index contributed by atoms with van der Waals surface area (Å²) in [7, 11) is -0.583. The average molecular weight is 183 g/mol. The van der Waals surface area contributed by atoms with Crippen molar-refractivity contribution >= 4 is 9.06 Å². The van der Waals surface area contributed by atoms with Crippen molar-refractivity contribution in [3.63, 3.8) is 0 Å². The van der Waals surface area contributed by atoms with Crippen molar-refractivity contribution in [2.45, 2.75) is 7.43 Å². The maximum atomic E-state index is 8.57. The first-order valence-corrected chi connectivity index (χ1v) is 1.11. The van der Waals surface area contributed by atoms with Crippen molar-refractivity contribution in [3.05, 3.63) is 9.93 Å². The Hall–Kier alpha value is -0.500. The molecule has 0 aromatic heterocycles. The molecule has 0 aliphatic carbocycles.